The highest BCUT2D eigenvalue weighted by Gasteiger charge is 2.11. The van der Waals surface area contributed by atoms with Crippen molar-refractivity contribution in [3.63, 3.8) is 0 Å². The molecule has 1 aromatic heterocycles. The zero-order chi connectivity index (χ0) is 11.5. The van der Waals surface area contributed by atoms with Crippen LogP contribution in [-0.4, -0.2) is 15.8 Å². The van der Waals surface area contributed by atoms with Crippen molar-refractivity contribution in [2.45, 2.75) is 6.92 Å². The molecule has 0 saturated heterocycles. The molecule has 0 bridgehead atoms. The lowest BCUT2D eigenvalue weighted by molar-refractivity contribution is 0.100. The zero-order valence-electron chi connectivity index (χ0n) is 8.64. The molecule has 0 fully saturated rings. The Kier molecular flexibility index (Phi) is 2.68. The molecule has 1 amide bonds. The molecule has 0 saturated carbocycles. The number of carbonyl (C=O) groups is 1. The van der Waals surface area contributed by atoms with Crippen LogP contribution in [0.25, 0.3) is 0 Å². The van der Waals surface area contributed by atoms with Gasteiger partial charge >= 0.3 is 0 Å². The standard InChI is InChI=1S/C11H10FN3O/c1-8-3-4-10(12)9(7-8)11(16)14-15-6-2-5-13-15/h2-7H,1H3,(H,14,16). The van der Waals surface area contributed by atoms with Gasteiger partial charge in [-0.3, -0.25) is 4.79 Å². The van der Waals surface area contributed by atoms with Gasteiger partial charge in [-0.2, -0.15) is 9.89 Å². The van der Waals surface area contributed by atoms with Gasteiger partial charge in [0, 0.05) is 6.20 Å². The monoisotopic (exact) mass is 219 g/mol. The van der Waals surface area contributed by atoms with Gasteiger partial charge in [0.05, 0.1) is 11.8 Å². The van der Waals surface area contributed by atoms with E-state index < -0.39 is 11.7 Å². The number of aryl methyl sites for hydroxylation is 1. The number of rotatable bonds is 2. The van der Waals surface area contributed by atoms with E-state index in [0.717, 1.165) is 5.56 Å². The summed E-state index contributed by atoms with van der Waals surface area (Å²) in [5.74, 6) is -1.07. The summed E-state index contributed by atoms with van der Waals surface area (Å²) in [4.78, 5) is 12.9. The van der Waals surface area contributed by atoms with E-state index in [-0.39, 0.29) is 5.56 Å². The summed E-state index contributed by atoms with van der Waals surface area (Å²) in [5.41, 5.74) is 3.27. The van der Waals surface area contributed by atoms with Crippen LogP contribution in [0.2, 0.25) is 0 Å². The van der Waals surface area contributed by atoms with Gasteiger partial charge < -0.3 is 0 Å². The Morgan fingerprint density at radius 2 is 2.31 bits per heavy atom. The predicted octanol–water partition coefficient (Wildman–Crippen LogP) is 1.71. The van der Waals surface area contributed by atoms with Gasteiger partial charge in [-0.15, -0.1) is 0 Å². The molecule has 0 aliphatic heterocycles. The third kappa shape index (κ3) is 2.08. The number of nitrogens with one attached hydrogen (secondary N) is 1. The fraction of sp³-hybridized carbons (Fsp3) is 0.0909. The van der Waals surface area contributed by atoms with Crippen molar-refractivity contribution in [3.8, 4) is 0 Å². The van der Waals surface area contributed by atoms with Crippen LogP contribution in [0.1, 0.15) is 15.9 Å². The second-order valence-corrected chi connectivity index (χ2v) is 3.37. The summed E-state index contributed by atoms with van der Waals surface area (Å²) in [5, 5.41) is 3.80. The van der Waals surface area contributed by atoms with E-state index in [2.05, 4.69) is 10.5 Å². The minimum atomic E-state index is -0.546. The van der Waals surface area contributed by atoms with Crippen LogP contribution in [0, 0.1) is 12.7 Å². The number of nitrogens with zero attached hydrogens (tertiary/aromatic N) is 2. The largest absolute Gasteiger partial charge is 0.274 e. The molecule has 5 heteroatoms. The molecule has 2 aromatic rings. The Morgan fingerprint density at radius 1 is 1.50 bits per heavy atom. The van der Waals surface area contributed by atoms with Gasteiger partial charge in [0.25, 0.3) is 5.91 Å². The summed E-state index contributed by atoms with van der Waals surface area (Å²) in [6.07, 6.45) is 3.08. The van der Waals surface area contributed by atoms with E-state index in [1.807, 2.05) is 0 Å². The topological polar surface area (TPSA) is 46.9 Å². The molecular weight excluding hydrogens is 209 g/mol. The van der Waals surface area contributed by atoms with E-state index in [1.54, 1.807) is 25.3 Å². The highest BCUT2D eigenvalue weighted by molar-refractivity contribution is 6.00. The third-order valence-electron chi connectivity index (χ3n) is 2.09. The smallest absolute Gasteiger partial charge is 0.267 e. The number of hydrogen-bond acceptors (Lipinski definition) is 2. The van der Waals surface area contributed by atoms with Gasteiger partial charge in [0.1, 0.15) is 5.82 Å². The fourth-order valence-corrected chi connectivity index (χ4v) is 1.31. The number of hydrogen-bond donors (Lipinski definition) is 1. The molecule has 0 aliphatic rings. The van der Waals surface area contributed by atoms with Crippen molar-refractivity contribution in [2.24, 2.45) is 0 Å². The van der Waals surface area contributed by atoms with Crippen LogP contribution in [0.5, 0.6) is 0 Å². The minimum absolute atomic E-state index is 0.00972. The van der Waals surface area contributed by atoms with Gasteiger partial charge in [0.15, 0.2) is 0 Å². The van der Waals surface area contributed by atoms with E-state index in [4.69, 9.17) is 0 Å². The van der Waals surface area contributed by atoms with Crippen LogP contribution in [0.3, 0.4) is 0 Å². The second kappa shape index (κ2) is 4.14. The summed E-state index contributed by atoms with van der Waals surface area (Å²) < 4.78 is 13.4. The van der Waals surface area contributed by atoms with Crippen LogP contribution >= 0.6 is 0 Å². The highest BCUT2D eigenvalue weighted by atomic mass is 19.1. The predicted molar refractivity (Wildman–Crippen MR) is 57.1 cm³/mol. The minimum Gasteiger partial charge on any atom is -0.267 e. The van der Waals surface area contributed by atoms with Crippen molar-refractivity contribution in [1.82, 2.24) is 9.89 Å². The summed E-state index contributed by atoms with van der Waals surface area (Å²) in [6.45, 7) is 1.80. The van der Waals surface area contributed by atoms with E-state index in [1.165, 1.54) is 23.1 Å². The average Bonchev–Trinajstić information content (AvgIpc) is 2.74. The number of aromatic nitrogens is 2. The normalized spacial score (nSPS) is 10.1. The molecule has 0 spiro atoms. The van der Waals surface area contributed by atoms with Crippen molar-refractivity contribution in [2.75, 3.05) is 5.43 Å². The number of benzene rings is 1. The molecule has 0 aliphatic carbocycles. The summed E-state index contributed by atoms with van der Waals surface area (Å²) in [7, 11) is 0. The molecule has 4 nitrogen and oxygen atoms in total. The average molecular weight is 219 g/mol. The van der Waals surface area contributed by atoms with E-state index >= 15 is 0 Å². The number of amides is 1. The van der Waals surface area contributed by atoms with Crippen molar-refractivity contribution in [1.29, 1.82) is 0 Å². The lowest BCUT2D eigenvalue weighted by Gasteiger charge is -2.06. The first-order valence-electron chi connectivity index (χ1n) is 4.74. The first-order valence-corrected chi connectivity index (χ1v) is 4.74. The Labute approximate surface area is 91.7 Å². The van der Waals surface area contributed by atoms with Gasteiger partial charge in [-0.25, -0.2) is 9.82 Å². The second-order valence-electron chi connectivity index (χ2n) is 3.37. The molecule has 16 heavy (non-hydrogen) atoms. The Morgan fingerprint density at radius 3 is 3.00 bits per heavy atom. The van der Waals surface area contributed by atoms with Crippen molar-refractivity contribution in [3.05, 3.63) is 53.6 Å². The van der Waals surface area contributed by atoms with Gasteiger partial charge in [0.2, 0.25) is 0 Å². The van der Waals surface area contributed by atoms with Crippen molar-refractivity contribution >= 4 is 5.91 Å². The first-order chi connectivity index (χ1) is 7.66. The maximum atomic E-state index is 13.4. The lowest BCUT2D eigenvalue weighted by atomic mass is 10.1. The fourth-order valence-electron chi connectivity index (χ4n) is 1.31. The number of halogens is 1. The van der Waals surface area contributed by atoms with Crippen LogP contribution in [-0.2, 0) is 0 Å². The highest BCUT2D eigenvalue weighted by Crippen LogP contribution is 2.09. The molecule has 1 N–H and O–H groups in total. The van der Waals surface area contributed by atoms with Gasteiger partial charge in [-0.1, -0.05) is 11.6 Å². The molecule has 2 rings (SSSR count). The third-order valence-corrected chi connectivity index (χ3v) is 2.09. The SMILES string of the molecule is Cc1ccc(F)c(C(=O)Nn2cccn2)c1. The quantitative estimate of drug-likeness (QED) is 0.835. The molecule has 82 valence electrons. The Bertz CT molecular complexity index is 508. The van der Waals surface area contributed by atoms with Gasteiger partial charge in [-0.05, 0) is 25.1 Å². The van der Waals surface area contributed by atoms with E-state index in [0.29, 0.717) is 0 Å². The Hall–Kier alpha value is -2.17. The first kappa shape index (κ1) is 10.4. The van der Waals surface area contributed by atoms with Crippen LogP contribution < -0.4 is 5.43 Å². The molecular formula is C11H10FN3O. The lowest BCUT2D eigenvalue weighted by Crippen LogP contribution is -2.24. The number of carbonyl (C=O) groups excluding carboxylic acids is 1. The summed E-state index contributed by atoms with van der Waals surface area (Å²) >= 11 is 0. The molecule has 1 heterocycles. The van der Waals surface area contributed by atoms with E-state index in [9.17, 15) is 9.18 Å². The zero-order valence-corrected chi connectivity index (χ0v) is 8.64. The molecule has 0 unspecified atom stereocenters. The molecule has 0 atom stereocenters. The Balaban J connectivity index is 2.24. The molecule has 1 aromatic carbocycles. The summed E-state index contributed by atoms with van der Waals surface area (Å²) in [6, 6.07) is 6.04. The van der Waals surface area contributed by atoms with Crippen molar-refractivity contribution < 1.29 is 9.18 Å². The maximum absolute atomic E-state index is 13.4. The van der Waals surface area contributed by atoms with Crippen LogP contribution in [0.15, 0.2) is 36.7 Å². The van der Waals surface area contributed by atoms with Crippen LogP contribution in [0.4, 0.5) is 4.39 Å². The molecule has 0 radical (unpaired) electrons. The maximum Gasteiger partial charge on any atom is 0.274 e.